The predicted molar refractivity (Wildman–Crippen MR) is 74.1 cm³/mol. The molecule has 2 aliphatic carbocycles. The fourth-order valence-electron chi connectivity index (χ4n) is 3.23. The molecule has 2 fully saturated rings. The normalized spacial score (nSPS) is 32.8. The monoisotopic (exact) mass is 241 g/mol. The van der Waals surface area contributed by atoms with E-state index in [0.29, 0.717) is 0 Å². The fourth-order valence-corrected chi connectivity index (χ4v) is 3.97. The van der Waals surface area contributed by atoms with Crippen LogP contribution in [-0.2, 0) is 0 Å². The van der Waals surface area contributed by atoms with Gasteiger partial charge in [-0.25, -0.2) is 0 Å². The Morgan fingerprint density at radius 3 is 2.25 bits per heavy atom. The Morgan fingerprint density at radius 1 is 0.938 bits per heavy atom. The molecule has 0 radical (unpaired) electrons. The molecule has 0 unspecified atom stereocenters. The average Bonchev–Trinajstić information content (AvgIpc) is 2.38. The predicted octanol–water partition coefficient (Wildman–Crippen LogP) is 3.83. The molecule has 2 heteroatoms. The summed E-state index contributed by atoms with van der Waals surface area (Å²) in [6.45, 7) is 1.30. The molecule has 2 saturated carbocycles. The van der Waals surface area contributed by atoms with E-state index in [1.807, 2.05) is 0 Å². The summed E-state index contributed by atoms with van der Waals surface area (Å²) in [5.74, 6) is 0.993. The smallest absolute Gasteiger partial charge is 0.00679 e. The molecule has 0 bridgehead atoms. The quantitative estimate of drug-likeness (QED) is 0.803. The van der Waals surface area contributed by atoms with Crippen LogP contribution in [0.5, 0.6) is 0 Å². The topological polar surface area (TPSA) is 12.0 Å². The highest BCUT2D eigenvalue weighted by molar-refractivity contribution is 7.99. The Hall–Kier alpha value is 0.310. The van der Waals surface area contributed by atoms with Crippen LogP contribution in [0.2, 0.25) is 0 Å². The van der Waals surface area contributed by atoms with Crippen LogP contribution in [0.1, 0.15) is 57.8 Å². The maximum atomic E-state index is 3.83. The van der Waals surface area contributed by atoms with E-state index < -0.39 is 0 Å². The van der Waals surface area contributed by atoms with Crippen molar-refractivity contribution in [1.82, 2.24) is 5.32 Å². The summed E-state index contributed by atoms with van der Waals surface area (Å²) in [6, 6.07) is 0.838. The maximum Gasteiger partial charge on any atom is 0.00679 e. The van der Waals surface area contributed by atoms with Crippen LogP contribution in [0.25, 0.3) is 0 Å². The van der Waals surface area contributed by atoms with Crippen molar-refractivity contribution in [3.8, 4) is 0 Å². The van der Waals surface area contributed by atoms with Gasteiger partial charge in [0, 0.05) is 11.3 Å². The Bertz CT molecular complexity index is 181. The van der Waals surface area contributed by atoms with Gasteiger partial charge in [0.05, 0.1) is 0 Å². The Kier molecular flexibility index (Phi) is 5.51. The minimum atomic E-state index is 0.838. The first-order valence-electron chi connectivity index (χ1n) is 7.14. The highest BCUT2D eigenvalue weighted by atomic mass is 32.2. The van der Waals surface area contributed by atoms with Crippen LogP contribution in [0.15, 0.2) is 0 Å². The van der Waals surface area contributed by atoms with Crippen LogP contribution in [-0.4, -0.2) is 24.1 Å². The zero-order chi connectivity index (χ0) is 11.2. The van der Waals surface area contributed by atoms with E-state index in [4.69, 9.17) is 0 Å². The summed E-state index contributed by atoms with van der Waals surface area (Å²) in [5.41, 5.74) is 0. The van der Waals surface area contributed by atoms with Gasteiger partial charge in [0.2, 0.25) is 0 Å². The van der Waals surface area contributed by atoms with Crippen molar-refractivity contribution >= 4 is 11.8 Å². The zero-order valence-electron chi connectivity index (χ0n) is 10.7. The second-order valence-corrected chi connectivity index (χ2v) is 6.76. The van der Waals surface area contributed by atoms with Gasteiger partial charge in [-0.3, -0.25) is 0 Å². The third-order valence-corrected chi connectivity index (χ3v) is 5.57. The van der Waals surface area contributed by atoms with Crippen molar-refractivity contribution in [2.45, 2.75) is 69.1 Å². The van der Waals surface area contributed by atoms with Crippen molar-refractivity contribution < 1.29 is 0 Å². The largest absolute Gasteiger partial charge is 0.314 e. The van der Waals surface area contributed by atoms with Gasteiger partial charge in [-0.1, -0.05) is 19.3 Å². The third kappa shape index (κ3) is 3.96. The van der Waals surface area contributed by atoms with Gasteiger partial charge in [0.15, 0.2) is 0 Å². The molecule has 16 heavy (non-hydrogen) atoms. The Morgan fingerprint density at radius 2 is 1.62 bits per heavy atom. The zero-order valence-corrected chi connectivity index (χ0v) is 11.5. The van der Waals surface area contributed by atoms with Gasteiger partial charge in [-0.05, 0) is 57.2 Å². The molecule has 2 aliphatic rings. The first kappa shape index (κ1) is 12.8. The molecular weight excluding hydrogens is 214 g/mol. The van der Waals surface area contributed by atoms with Gasteiger partial charge < -0.3 is 5.32 Å². The van der Waals surface area contributed by atoms with E-state index in [9.17, 15) is 0 Å². The van der Waals surface area contributed by atoms with Crippen molar-refractivity contribution in [1.29, 1.82) is 0 Å². The van der Waals surface area contributed by atoms with E-state index in [2.05, 4.69) is 23.3 Å². The maximum absolute atomic E-state index is 3.83. The van der Waals surface area contributed by atoms with Crippen LogP contribution in [0.3, 0.4) is 0 Å². The van der Waals surface area contributed by atoms with E-state index in [0.717, 1.165) is 17.2 Å². The molecule has 0 aromatic rings. The third-order valence-electron chi connectivity index (χ3n) is 4.43. The minimum Gasteiger partial charge on any atom is -0.314 e. The average molecular weight is 241 g/mol. The number of rotatable bonds is 4. The molecular formula is C14H27NS. The van der Waals surface area contributed by atoms with E-state index in [1.165, 1.54) is 64.3 Å². The second kappa shape index (κ2) is 6.90. The molecule has 0 aromatic heterocycles. The fraction of sp³-hybridized carbons (Fsp3) is 1.00. The van der Waals surface area contributed by atoms with E-state index >= 15 is 0 Å². The molecule has 0 amide bonds. The Balaban J connectivity index is 1.59. The van der Waals surface area contributed by atoms with Crippen molar-refractivity contribution in [2.24, 2.45) is 5.92 Å². The number of nitrogens with one attached hydrogen (secondary N) is 1. The van der Waals surface area contributed by atoms with Crippen molar-refractivity contribution in [3.05, 3.63) is 0 Å². The van der Waals surface area contributed by atoms with Gasteiger partial charge >= 0.3 is 0 Å². The summed E-state index contributed by atoms with van der Waals surface area (Å²) >= 11 is 2.07. The summed E-state index contributed by atoms with van der Waals surface area (Å²) in [4.78, 5) is 0. The summed E-state index contributed by atoms with van der Waals surface area (Å²) < 4.78 is 0. The van der Waals surface area contributed by atoms with E-state index in [-0.39, 0.29) is 0 Å². The standard InChI is InChI=1S/C14H27NS/c1-16-14-9-7-13(8-10-14)15-11-12-5-3-2-4-6-12/h12-15H,2-11H2,1H3. The molecule has 0 saturated heterocycles. The lowest BCUT2D eigenvalue weighted by Crippen LogP contribution is -2.37. The van der Waals surface area contributed by atoms with E-state index in [1.54, 1.807) is 0 Å². The molecule has 0 atom stereocenters. The molecule has 0 spiro atoms. The van der Waals surface area contributed by atoms with Crippen molar-refractivity contribution in [3.63, 3.8) is 0 Å². The van der Waals surface area contributed by atoms with Gasteiger partial charge in [0.25, 0.3) is 0 Å². The molecule has 0 aromatic carbocycles. The number of hydrogen-bond acceptors (Lipinski definition) is 2. The molecule has 94 valence electrons. The Labute approximate surface area is 105 Å². The van der Waals surface area contributed by atoms with Crippen LogP contribution in [0, 0.1) is 5.92 Å². The van der Waals surface area contributed by atoms with Gasteiger partial charge in [0.1, 0.15) is 0 Å². The van der Waals surface area contributed by atoms with Gasteiger partial charge in [-0.15, -0.1) is 0 Å². The minimum absolute atomic E-state index is 0.838. The lowest BCUT2D eigenvalue weighted by molar-refractivity contribution is 0.302. The highest BCUT2D eigenvalue weighted by Crippen LogP contribution is 2.28. The molecule has 2 rings (SSSR count). The summed E-state index contributed by atoms with van der Waals surface area (Å²) in [6.07, 6.45) is 15.4. The van der Waals surface area contributed by atoms with Crippen LogP contribution < -0.4 is 5.32 Å². The lowest BCUT2D eigenvalue weighted by atomic mass is 9.88. The molecule has 0 aliphatic heterocycles. The lowest BCUT2D eigenvalue weighted by Gasteiger charge is -2.30. The molecule has 1 N–H and O–H groups in total. The van der Waals surface area contributed by atoms with Gasteiger partial charge in [-0.2, -0.15) is 11.8 Å². The summed E-state index contributed by atoms with van der Waals surface area (Å²) in [5, 5.41) is 4.78. The number of hydrogen-bond donors (Lipinski definition) is 1. The molecule has 0 heterocycles. The first-order chi connectivity index (χ1) is 7.88. The second-order valence-electron chi connectivity index (χ2n) is 5.62. The SMILES string of the molecule is CSC1CCC(NCC2CCCCC2)CC1. The van der Waals surface area contributed by atoms with Crippen LogP contribution in [0.4, 0.5) is 0 Å². The summed E-state index contributed by atoms with van der Waals surface area (Å²) in [7, 11) is 0. The first-order valence-corrected chi connectivity index (χ1v) is 8.43. The van der Waals surface area contributed by atoms with Crippen molar-refractivity contribution in [2.75, 3.05) is 12.8 Å². The number of thioether (sulfide) groups is 1. The van der Waals surface area contributed by atoms with Crippen LogP contribution >= 0.6 is 11.8 Å². The highest BCUT2D eigenvalue weighted by Gasteiger charge is 2.21. The molecule has 1 nitrogen and oxygen atoms in total.